The molecule has 66 heavy (non-hydrogen) atoms. The van der Waals surface area contributed by atoms with E-state index in [9.17, 15) is 0 Å². The molecule has 0 aromatic heterocycles. The Morgan fingerprint density at radius 2 is 0.606 bits per heavy atom. The molecule has 0 spiro atoms. The summed E-state index contributed by atoms with van der Waals surface area (Å²) in [5.74, 6) is 11.3. The molecule has 16 bridgehead atoms. The first-order valence-corrected chi connectivity index (χ1v) is 28.3. The topological polar surface area (TPSA) is 38.0 Å². The smallest absolute Gasteiger partial charge is 0.0618 e. The molecule has 0 unspecified atom stereocenters. The minimum atomic E-state index is 0.357. The second kappa shape index (κ2) is 13.8. The van der Waals surface area contributed by atoms with Gasteiger partial charge in [0.2, 0.25) is 0 Å². The zero-order valence-corrected chi connectivity index (χ0v) is 40.0. The van der Waals surface area contributed by atoms with Crippen LogP contribution in [0.3, 0.4) is 0 Å². The summed E-state index contributed by atoms with van der Waals surface area (Å²) in [7, 11) is 0. The van der Waals surface area contributed by atoms with Crippen LogP contribution in [0.4, 0.5) is 17.1 Å². The standard InChI is InChI=1S/C64H76N2/c65-58-6-1-2-7-59(58)66-60-56(50-20-52(61-26-38-8-39(27-61)10-40(9-38)28-61)24-53(21-50)62-29-41-11-42(30-62)13-43(12-41)31-62)4-3-5-57(60)51-22-54(63-32-44-14-45(33-63)16-46(15-44)34-63)25-55(23-51)64-35-47-17-48(36-64)19-49(18-47)37-64/h1-7,20-25,38-49,66H,8-19,26-37,65H2. The Balaban J connectivity index is 0.905. The molecule has 16 fully saturated rings. The zero-order valence-electron chi connectivity index (χ0n) is 40.0. The fraction of sp³-hybridized carbons (Fsp3) is 0.625. The molecule has 0 aliphatic heterocycles. The molecule has 20 rings (SSSR count). The van der Waals surface area contributed by atoms with Crippen molar-refractivity contribution in [2.24, 2.45) is 71.0 Å². The maximum absolute atomic E-state index is 6.96. The number of rotatable bonds is 8. The number of nitrogen functional groups attached to an aromatic ring is 1. The molecule has 0 radical (unpaired) electrons. The quantitative estimate of drug-likeness (QED) is 0.173. The third kappa shape index (κ3) is 5.96. The van der Waals surface area contributed by atoms with Gasteiger partial charge in [-0.05, 0) is 292 Å². The molecule has 16 aliphatic rings. The molecule has 0 saturated heterocycles. The van der Waals surface area contributed by atoms with Crippen LogP contribution in [0, 0.1) is 71.0 Å². The first-order chi connectivity index (χ1) is 32.2. The van der Waals surface area contributed by atoms with E-state index in [0.29, 0.717) is 21.7 Å². The molecular weight excluding hydrogens is 797 g/mol. The number of benzene rings is 4. The van der Waals surface area contributed by atoms with Gasteiger partial charge in [0, 0.05) is 11.1 Å². The Kier molecular flexibility index (Phi) is 8.25. The number of hydrogen-bond acceptors (Lipinski definition) is 2. The lowest BCUT2D eigenvalue weighted by atomic mass is 9.46. The largest absolute Gasteiger partial charge is 0.397 e. The van der Waals surface area contributed by atoms with Crippen molar-refractivity contribution in [1.82, 2.24) is 0 Å². The number of nitrogens with one attached hydrogen (secondary N) is 1. The lowest BCUT2D eigenvalue weighted by molar-refractivity contribution is -0.00856. The lowest BCUT2D eigenvalue weighted by Crippen LogP contribution is -2.50. The van der Waals surface area contributed by atoms with Gasteiger partial charge in [0.15, 0.2) is 0 Å². The lowest BCUT2D eigenvalue weighted by Gasteiger charge is -2.58. The minimum absolute atomic E-state index is 0.357. The highest BCUT2D eigenvalue weighted by Gasteiger charge is 2.57. The van der Waals surface area contributed by atoms with Crippen LogP contribution in [0.25, 0.3) is 22.3 Å². The molecule has 16 saturated carbocycles. The Hall–Kier alpha value is -3.52. The molecule has 2 heteroatoms. The van der Waals surface area contributed by atoms with Crippen molar-refractivity contribution in [3.8, 4) is 22.3 Å². The summed E-state index contributed by atoms with van der Waals surface area (Å²) in [5, 5.41) is 4.20. The summed E-state index contributed by atoms with van der Waals surface area (Å²) in [6.45, 7) is 0. The van der Waals surface area contributed by atoms with Crippen LogP contribution >= 0.6 is 0 Å². The van der Waals surface area contributed by atoms with Gasteiger partial charge in [-0.3, -0.25) is 0 Å². The highest BCUT2D eigenvalue weighted by atomic mass is 14.9. The van der Waals surface area contributed by atoms with Crippen LogP contribution in [-0.4, -0.2) is 0 Å². The molecule has 0 heterocycles. The van der Waals surface area contributed by atoms with E-state index in [4.69, 9.17) is 5.73 Å². The van der Waals surface area contributed by atoms with Crippen molar-refractivity contribution in [1.29, 1.82) is 0 Å². The predicted octanol–water partition coefficient (Wildman–Crippen LogP) is 16.2. The normalized spacial score (nSPS) is 44.7. The van der Waals surface area contributed by atoms with Gasteiger partial charge in [0.1, 0.15) is 0 Å². The molecule has 3 N–H and O–H groups in total. The van der Waals surface area contributed by atoms with Crippen molar-refractivity contribution >= 4 is 17.1 Å². The second-order valence-electron chi connectivity index (χ2n) is 27.8. The summed E-state index contributed by atoms with van der Waals surface area (Å²) in [6.07, 6.45) is 35.2. The van der Waals surface area contributed by atoms with Crippen molar-refractivity contribution < 1.29 is 0 Å². The summed E-state index contributed by atoms with van der Waals surface area (Å²) < 4.78 is 0. The van der Waals surface area contributed by atoms with Crippen LogP contribution < -0.4 is 11.1 Å². The minimum Gasteiger partial charge on any atom is -0.397 e. The van der Waals surface area contributed by atoms with Crippen molar-refractivity contribution in [2.45, 2.75) is 176 Å². The first kappa shape index (κ1) is 39.3. The van der Waals surface area contributed by atoms with Crippen LogP contribution in [0.1, 0.15) is 176 Å². The highest BCUT2D eigenvalue weighted by Crippen LogP contribution is 2.66. The van der Waals surface area contributed by atoms with E-state index in [1.54, 1.807) is 22.3 Å². The zero-order chi connectivity index (χ0) is 43.1. The van der Waals surface area contributed by atoms with Gasteiger partial charge < -0.3 is 11.1 Å². The van der Waals surface area contributed by atoms with E-state index in [1.807, 2.05) is 0 Å². The van der Waals surface area contributed by atoms with Gasteiger partial charge in [-0.15, -0.1) is 0 Å². The molecule has 342 valence electrons. The molecule has 0 amide bonds. The average molecular weight is 873 g/mol. The van der Waals surface area contributed by atoms with Crippen LogP contribution in [0.15, 0.2) is 78.9 Å². The summed E-state index contributed by atoms with van der Waals surface area (Å²) >= 11 is 0. The van der Waals surface area contributed by atoms with Gasteiger partial charge in [-0.25, -0.2) is 0 Å². The maximum Gasteiger partial charge on any atom is 0.0618 e. The van der Waals surface area contributed by atoms with Gasteiger partial charge in [-0.2, -0.15) is 0 Å². The highest BCUT2D eigenvalue weighted by molar-refractivity contribution is 5.94. The Morgan fingerprint density at radius 1 is 0.333 bits per heavy atom. The van der Waals surface area contributed by atoms with Gasteiger partial charge in [0.05, 0.1) is 17.1 Å². The molecule has 4 aromatic carbocycles. The number of anilines is 3. The van der Waals surface area contributed by atoms with E-state index < -0.39 is 0 Å². The fourth-order valence-corrected chi connectivity index (χ4v) is 22.6. The summed E-state index contributed by atoms with van der Waals surface area (Å²) in [6, 6.07) is 33.0. The molecular formula is C64H76N2. The SMILES string of the molecule is Nc1ccccc1Nc1c(-c2cc(C34CC5CC(CC(C5)C3)C4)cc(C34CC5CC(CC(C5)C3)C4)c2)cccc1-c1cc(C23CC4CC(CC(C4)C2)C3)cc(C23CC4CC(CC(C4)C2)C3)c1. The van der Waals surface area contributed by atoms with Crippen molar-refractivity contribution in [2.75, 3.05) is 11.1 Å². The number of hydrogen-bond donors (Lipinski definition) is 2. The molecule has 2 nitrogen and oxygen atoms in total. The third-order valence-corrected chi connectivity index (χ3v) is 23.4. The second-order valence-corrected chi connectivity index (χ2v) is 27.8. The fourth-order valence-electron chi connectivity index (χ4n) is 22.6. The van der Waals surface area contributed by atoms with E-state index in [0.717, 1.165) is 82.4 Å². The molecule has 4 aromatic rings. The Morgan fingerprint density at radius 3 is 0.879 bits per heavy atom. The summed E-state index contributed by atoms with van der Waals surface area (Å²) in [4.78, 5) is 0. The van der Waals surface area contributed by atoms with E-state index in [2.05, 4.69) is 84.2 Å². The van der Waals surface area contributed by atoms with Crippen LogP contribution in [0.5, 0.6) is 0 Å². The maximum atomic E-state index is 6.96. The number of para-hydroxylation sites is 3. The van der Waals surface area contributed by atoms with E-state index in [1.165, 1.54) is 182 Å². The first-order valence-electron chi connectivity index (χ1n) is 28.3. The predicted molar refractivity (Wildman–Crippen MR) is 271 cm³/mol. The molecule has 0 atom stereocenters. The van der Waals surface area contributed by atoms with Crippen molar-refractivity contribution in [3.05, 3.63) is 101 Å². The van der Waals surface area contributed by atoms with Crippen molar-refractivity contribution in [3.63, 3.8) is 0 Å². The van der Waals surface area contributed by atoms with Gasteiger partial charge in [0.25, 0.3) is 0 Å². The average Bonchev–Trinajstić information content (AvgIpc) is 3.28. The molecule has 16 aliphatic carbocycles. The number of nitrogens with two attached hydrogens (primary N) is 1. The van der Waals surface area contributed by atoms with Gasteiger partial charge in [-0.1, -0.05) is 66.7 Å². The van der Waals surface area contributed by atoms with E-state index >= 15 is 0 Å². The van der Waals surface area contributed by atoms with E-state index in [-0.39, 0.29) is 0 Å². The van der Waals surface area contributed by atoms with Crippen LogP contribution in [-0.2, 0) is 21.7 Å². The van der Waals surface area contributed by atoms with Crippen LogP contribution in [0.2, 0.25) is 0 Å². The Labute approximate surface area is 396 Å². The summed E-state index contributed by atoms with van der Waals surface area (Å²) in [5.41, 5.74) is 24.2. The van der Waals surface area contributed by atoms with Gasteiger partial charge >= 0.3 is 0 Å². The monoisotopic (exact) mass is 873 g/mol. The third-order valence-electron chi connectivity index (χ3n) is 23.4. The Bertz CT molecular complexity index is 2220.